The van der Waals surface area contributed by atoms with Crippen LogP contribution in [0.2, 0.25) is 0 Å². The summed E-state index contributed by atoms with van der Waals surface area (Å²) in [5.41, 5.74) is 7.27. The smallest absolute Gasteiger partial charge is 0.244 e. The fourth-order valence-corrected chi connectivity index (χ4v) is 1.71. The standard InChI is InChI=1S/C16H24N2O3/c1-3-9-21-15-7-5-12(10-14(15)17)6-8-16(20)18-13(4-2)11-19/h5-8,10,13,19H,3-4,9,11,17H2,1-2H3,(H,18,20)/b8-6-. The Balaban J connectivity index is 2.64. The zero-order chi connectivity index (χ0) is 15.7. The van der Waals surface area contributed by atoms with Crippen LogP contribution in [0.1, 0.15) is 32.3 Å². The Labute approximate surface area is 125 Å². The van der Waals surface area contributed by atoms with Crippen molar-refractivity contribution in [2.45, 2.75) is 32.7 Å². The third kappa shape index (κ3) is 5.87. The van der Waals surface area contributed by atoms with E-state index in [2.05, 4.69) is 5.32 Å². The average molecular weight is 292 g/mol. The summed E-state index contributed by atoms with van der Waals surface area (Å²) in [5.74, 6) is 0.422. The minimum Gasteiger partial charge on any atom is -0.491 e. The lowest BCUT2D eigenvalue weighted by Gasteiger charge is -2.11. The van der Waals surface area contributed by atoms with Crippen LogP contribution in [0, 0.1) is 0 Å². The summed E-state index contributed by atoms with van der Waals surface area (Å²) >= 11 is 0. The molecule has 0 fully saturated rings. The highest BCUT2D eigenvalue weighted by atomic mass is 16.5. The van der Waals surface area contributed by atoms with Crippen LogP contribution in [0.15, 0.2) is 24.3 Å². The highest BCUT2D eigenvalue weighted by Gasteiger charge is 2.06. The summed E-state index contributed by atoms with van der Waals surface area (Å²) in [6.45, 7) is 4.50. The van der Waals surface area contributed by atoms with E-state index in [-0.39, 0.29) is 18.6 Å². The van der Waals surface area contributed by atoms with Crippen molar-refractivity contribution in [3.63, 3.8) is 0 Å². The maximum atomic E-state index is 11.7. The van der Waals surface area contributed by atoms with Crippen LogP contribution >= 0.6 is 0 Å². The Bertz CT molecular complexity index is 482. The van der Waals surface area contributed by atoms with Crippen LogP contribution in [0.3, 0.4) is 0 Å². The Morgan fingerprint density at radius 1 is 1.48 bits per heavy atom. The Morgan fingerprint density at radius 3 is 2.81 bits per heavy atom. The van der Waals surface area contributed by atoms with Gasteiger partial charge < -0.3 is 20.9 Å². The third-order valence-corrected chi connectivity index (χ3v) is 2.98. The number of carbonyl (C=O) groups excluding carboxylic acids is 1. The van der Waals surface area contributed by atoms with E-state index in [0.717, 1.165) is 12.0 Å². The first-order chi connectivity index (χ1) is 10.1. The van der Waals surface area contributed by atoms with Crippen LogP contribution in [-0.4, -0.2) is 30.3 Å². The number of aliphatic hydroxyl groups excluding tert-OH is 1. The van der Waals surface area contributed by atoms with E-state index in [1.165, 1.54) is 6.08 Å². The van der Waals surface area contributed by atoms with Gasteiger partial charge in [0.2, 0.25) is 5.91 Å². The highest BCUT2D eigenvalue weighted by molar-refractivity contribution is 5.92. The molecule has 0 bridgehead atoms. The van der Waals surface area contributed by atoms with Gasteiger partial charge in [-0.1, -0.05) is 19.9 Å². The fraction of sp³-hybridized carbons (Fsp3) is 0.438. The van der Waals surface area contributed by atoms with Crippen LogP contribution in [0.5, 0.6) is 5.75 Å². The molecule has 1 atom stereocenters. The van der Waals surface area contributed by atoms with Crippen LogP contribution in [-0.2, 0) is 4.79 Å². The van der Waals surface area contributed by atoms with E-state index in [1.807, 2.05) is 19.9 Å². The van der Waals surface area contributed by atoms with Gasteiger partial charge in [0.25, 0.3) is 0 Å². The molecule has 5 heteroatoms. The van der Waals surface area contributed by atoms with Crippen molar-refractivity contribution in [2.24, 2.45) is 0 Å². The highest BCUT2D eigenvalue weighted by Crippen LogP contribution is 2.23. The number of anilines is 1. The lowest BCUT2D eigenvalue weighted by atomic mass is 10.1. The van der Waals surface area contributed by atoms with Gasteiger partial charge in [0.05, 0.1) is 24.9 Å². The van der Waals surface area contributed by atoms with Gasteiger partial charge in [-0.2, -0.15) is 0 Å². The van der Waals surface area contributed by atoms with E-state index in [1.54, 1.807) is 18.2 Å². The predicted molar refractivity (Wildman–Crippen MR) is 85.0 cm³/mol. The molecule has 1 amide bonds. The van der Waals surface area contributed by atoms with Gasteiger partial charge in [-0.25, -0.2) is 0 Å². The fourth-order valence-electron chi connectivity index (χ4n) is 1.71. The van der Waals surface area contributed by atoms with Crippen molar-refractivity contribution < 1.29 is 14.6 Å². The van der Waals surface area contributed by atoms with Crippen molar-refractivity contribution in [2.75, 3.05) is 18.9 Å². The number of hydrogen-bond acceptors (Lipinski definition) is 4. The molecule has 0 radical (unpaired) electrons. The molecule has 1 aromatic carbocycles. The van der Waals surface area contributed by atoms with Gasteiger partial charge >= 0.3 is 0 Å². The first kappa shape index (κ1) is 17.0. The molecule has 0 heterocycles. The number of nitrogen functional groups attached to an aromatic ring is 1. The summed E-state index contributed by atoms with van der Waals surface area (Å²) in [6, 6.07) is 5.19. The zero-order valence-corrected chi connectivity index (χ0v) is 12.6. The second-order valence-electron chi connectivity index (χ2n) is 4.78. The van der Waals surface area contributed by atoms with Gasteiger partial charge in [-0.15, -0.1) is 0 Å². The Hall–Kier alpha value is -2.01. The molecule has 1 rings (SSSR count). The quantitative estimate of drug-likeness (QED) is 0.505. The van der Waals surface area contributed by atoms with Gasteiger partial charge in [0.15, 0.2) is 0 Å². The number of aliphatic hydroxyl groups is 1. The number of nitrogens with one attached hydrogen (secondary N) is 1. The summed E-state index contributed by atoms with van der Waals surface area (Å²) in [7, 11) is 0. The SMILES string of the molecule is CCCOc1ccc(/C=C\C(=O)NC(CC)CO)cc1N. The third-order valence-electron chi connectivity index (χ3n) is 2.98. The van der Waals surface area contributed by atoms with Crippen LogP contribution in [0.25, 0.3) is 6.08 Å². The topological polar surface area (TPSA) is 84.6 Å². The van der Waals surface area contributed by atoms with Crippen LogP contribution in [0.4, 0.5) is 5.69 Å². The maximum absolute atomic E-state index is 11.7. The van der Waals surface area contributed by atoms with Crippen molar-refractivity contribution in [1.29, 1.82) is 0 Å². The number of benzene rings is 1. The van der Waals surface area contributed by atoms with Gasteiger partial charge in [0, 0.05) is 6.08 Å². The van der Waals surface area contributed by atoms with E-state index < -0.39 is 0 Å². The number of nitrogens with two attached hydrogens (primary N) is 1. The first-order valence-electron chi connectivity index (χ1n) is 7.22. The summed E-state index contributed by atoms with van der Waals surface area (Å²) in [5, 5.41) is 11.7. The molecule has 5 nitrogen and oxygen atoms in total. The van der Waals surface area contributed by atoms with Gasteiger partial charge in [0.1, 0.15) is 5.75 Å². The molecule has 4 N–H and O–H groups in total. The largest absolute Gasteiger partial charge is 0.491 e. The monoisotopic (exact) mass is 292 g/mol. The lowest BCUT2D eigenvalue weighted by Crippen LogP contribution is -2.35. The molecular formula is C16H24N2O3. The molecule has 1 unspecified atom stereocenters. The van der Waals surface area contributed by atoms with Crippen molar-refractivity contribution >= 4 is 17.7 Å². The molecule has 0 aliphatic rings. The molecule has 0 spiro atoms. The van der Waals surface area contributed by atoms with E-state index in [9.17, 15) is 4.79 Å². The lowest BCUT2D eigenvalue weighted by molar-refractivity contribution is -0.117. The molecular weight excluding hydrogens is 268 g/mol. The number of carbonyl (C=O) groups is 1. The molecule has 116 valence electrons. The number of rotatable bonds is 8. The molecule has 0 aliphatic carbocycles. The number of ether oxygens (including phenoxy) is 1. The van der Waals surface area contributed by atoms with Gasteiger partial charge in [-0.05, 0) is 36.6 Å². The summed E-state index contributed by atoms with van der Waals surface area (Å²) < 4.78 is 5.49. The van der Waals surface area contributed by atoms with Crippen LogP contribution < -0.4 is 15.8 Å². The summed E-state index contributed by atoms with van der Waals surface area (Å²) in [4.78, 5) is 11.7. The molecule has 0 aliphatic heterocycles. The predicted octanol–water partition coefficient (Wildman–Crippen LogP) is 1.96. The number of hydrogen-bond donors (Lipinski definition) is 3. The van der Waals surface area contributed by atoms with E-state index in [0.29, 0.717) is 24.5 Å². The van der Waals surface area contributed by atoms with E-state index in [4.69, 9.17) is 15.6 Å². The van der Waals surface area contributed by atoms with Crippen molar-refractivity contribution in [1.82, 2.24) is 5.32 Å². The summed E-state index contributed by atoms with van der Waals surface area (Å²) in [6.07, 6.45) is 4.72. The van der Waals surface area contributed by atoms with Gasteiger partial charge in [-0.3, -0.25) is 4.79 Å². The van der Waals surface area contributed by atoms with E-state index >= 15 is 0 Å². The zero-order valence-electron chi connectivity index (χ0n) is 12.6. The minimum absolute atomic E-state index is 0.0630. The second kappa shape index (κ2) is 9.02. The van der Waals surface area contributed by atoms with Crippen molar-refractivity contribution in [3.05, 3.63) is 29.8 Å². The molecule has 21 heavy (non-hydrogen) atoms. The first-order valence-corrected chi connectivity index (χ1v) is 7.22. The average Bonchev–Trinajstić information content (AvgIpc) is 2.49. The Morgan fingerprint density at radius 2 is 2.24 bits per heavy atom. The second-order valence-corrected chi connectivity index (χ2v) is 4.78. The molecule has 1 aromatic rings. The molecule has 0 aromatic heterocycles. The number of amides is 1. The minimum atomic E-state index is -0.235. The normalized spacial score (nSPS) is 12.3. The molecule has 0 saturated carbocycles. The Kier molecular flexibility index (Phi) is 7.32. The maximum Gasteiger partial charge on any atom is 0.244 e. The molecule has 0 saturated heterocycles. The van der Waals surface area contributed by atoms with Crippen molar-refractivity contribution in [3.8, 4) is 5.75 Å².